The summed E-state index contributed by atoms with van der Waals surface area (Å²) in [6, 6.07) is 12.8. The standard InChI is InChI=1S/C14H10Cl2INO/c15-12-2-1-3-13(16)11(12)8-14(19)18-10-6-4-9(17)5-7-10/h1-7H,8H2,(H,18,19). The Labute approximate surface area is 135 Å². The minimum absolute atomic E-state index is 0.142. The van der Waals surface area contributed by atoms with E-state index in [1.54, 1.807) is 18.2 Å². The van der Waals surface area contributed by atoms with Crippen LogP contribution in [0.4, 0.5) is 5.69 Å². The Balaban J connectivity index is 2.07. The molecule has 0 spiro atoms. The van der Waals surface area contributed by atoms with Crippen LogP contribution >= 0.6 is 45.8 Å². The van der Waals surface area contributed by atoms with Crippen molar-refractivity contribution in [2.24, 2.45) is 0 Å². The van der Waals surface area contributed by atoms with Crippen LogP contribution in [0.25, 0.3) is 0 Å². The fourth-order valence-corrected chi connectivity index (χ4v) is 2.49. The summed E-state index contributed by atoms with van der Waals surface area (Å²) in [4.78, 5) is 11.9. The van der Waals surface area contributed by atoms with Crippen LogP contribution in [-0.2, 0) is 11.2 Å². The van der Waals surface area contributed by atoms with Crippen molar-refractivity contribution >= 4 is 57.4 Å². The summed E-state index contributed by atoms with van der Waals surface area (Å²) in [6.45, 7) is 0. The highest BCUT2D eigenvalue weighted by Crippen LogP contribution is 2.25. The Morgan fingerprint density at radius 3 is 2.21 bits per heavy atom. The lowest BCUT2D eigenvalue weighted by atomic mass is 10.1. The van der Waals surface area contributed by atoms with E-state index in [2.05, 4.69) is 27.9 Å². The fourth-order valence-electron chi connectivity index (χ4n) is 1.60. The van der Waals surface area contributed by atoms with Gasteiger partial charge < -0.3 is 5.32 Å². The van der Waals surface area contributed by atoms with Gasteiger partial charge in [-0.2, -0.15) is 0 Å². The number of amides is 1. The minimum Gasteiger partial charge on any atom is -0.326 e. The van der Waals surface area contributed by atoms with Gasteiger partial charge in [-0.25, -0.2) is 0 Å². The summed E-state index contributed by atoms with van der Waals surface area (Å²) in [5, 5.41) is 3.82. The summed E-state index contributed by atoms with van der Waals surface area (Å²) in [5.41, 5.74) is 1.41. The first-order chi connectivity index (χ1) is 9.06. The Morgan fingerprint density at radius 1 is 1.05 bits per heavy atom. The molecule has 0 heterocycles. The number of carbonyl (C=O) groups is 1. The molecule has 0 saturated heterocycles. The van der Waals surface area contributed by atoms with Gasteiger partial charge in [0.1, 0.15) is 0 Å². The Morgan fingerprint density at radius 2 is 1.63 bits per heavy atom. The normalized spacial score (nSPS) is 10.3. The second-order valence-electron chi connectivity index (χ2n) is 3.93. The fraction of sp³-hybridized carbons (Fsp3) is 0.0714. The molecule has 0 fully saturated rings. The van der Waals surface area contributed by atoms with Gasteiger partial charge in [0.05, 0.1) is 6.42 Å². The highest BCUT2D eigenvalue weighted by molar-refractivity contribution is 14.1. The lowest BCUT2D eigenvalue weighted by Gasteiger charge is -2.08. The molecule has 0 bridgehead atoms. The van der Waals surface area contributed by atoms with Crippen molar-refractivity contribution in [2.45, 2.75) is 6.42 Å². The molecule has 2 aromatic rings. The van der Waals surface area contributed by atoms with E-state index in [0.717, 1.165) is 9.26 Å². The summed E-state index contributed by atoms with van der Waals surface area (Å²) in [6.07, 6.45) is 0.157. The predicted octanol–water partition coefficient (Wildman–Crippen LogP) is 4.78. The van der Waals surface area contributed by atoms with Crippen molar-refractivity contribution < 1.29 is 4.79 Å². The van der Waals surface area contributed by atoms with Gasteiger partial charge in [0.15, 0.2) is 0 Å². The van der Waals surface area contributed by atoms with Crippen LogP contribution in [0.5, 0.6) is 0 Å². The number of hydrogen-bond donors (Lipinski definition) is 1. The second kappa shape index (κ2) is 6.59. The monoisotopic (exact) mass is 405 g/mol. The van der Waals surface area contributed by atoms with E-state index >= 15 is 0 Å². The molecule has 2 aromatic carbocycles. The zero-order valence-corrected chi connectivity index (χ0v) is 13.5. The first-order valence-electron chi connectivity index (χ1n) is 5.54. The number of anilines is 1. The first kappa shape index (κ1) is 14.6. The predicted molar refractivity (Wildman–Crippen MR) is 88.0 cm³/mol. The SMILES string of the molecule is O=C(Cc1c(Cl)cccc1Cl)Nc1ccc(I)cc1. The molecule has 0 aromatic heterocycles. The van der Waals surface area contributed by atoms with Gasteiger partial charge in [-0.05, 0) is 64.6 Å². The third-order valence-electron chi connectivity index (χ3n) is 2.53. The van der Waals surface area contributed by atoms with E-state index in [4.69, 9.17) is 23.2 Å². The first-order valence-corrected chi connectivity index (χ1v) is 7.38. The summed E-state index contributed by atoms with van der Waals surface area (Å²) in [5.74, 6) is -0.142. The van der Waals surface area contributed by atoms with Crippen molar-refractivity contribution in [2.75, 3.05) is 5.32 Å². The number of nitrogens with one attached hydrogen (secondary N) is 1. The zero-order chi connectivity index (χ0) is 13.8. The van der Waals surface area contributed by atoms with Crippen LogP contribution in [0.3, 0.4) is 0 Å². The molecule has 0 aliphatic heterocycles. The molecule has 0 radical (unpaired) electrons. The average Bonchev–Trinajstić information content (AvgIpc) is 2.37. The second-order valence-corrected chi connectivity index (χ2v) is 5.99. The maximum Gasteiger partial charge on any atom is 0.228 e. The molecule has 5 heteroatoms. The third-order valence-corrected chi connectivity index (χ3v) is 3.95. The largest absolute Gasteiger partial charge is 0.326 e. The smallest absolute Gasteiger partial charge is 0.228 e. The molecule has 0 atom stereocenters. The molecule has 0 unspecified atom stereocenters. The topological polar surface area (TPSA) is 29.1 Å². The number of halogens is 3. The molecule has 0 aliphatic carbocycles. The molecular weight excluding hydrogens is 396 g/mol. The molecule has 2 nitrogen and oxygen atoms in total. The van der Waals surface area contributed by atoms with E-state index in [-0.39, 0.29) is 12.3 Å². The van der Waals surface area contributed by atoms with Gasteiger partial charge >= 0.3 is 0 Å². The van der Waals surface area contributed by atoms with Crippen molar-refractivity contribution in [1.29, 1.82) is 0 Å². The maximum absolute atomic E-state index is 11.9. The van der Waals surface area contributed by atoms with Gasteiger partial charge in [-0.3, -0.25) is 4.79 Å². The third kappa shape index (κ3) is 4.09. The van der Waals surface area contributed by atoms with Crippen LogP contribution in [0.1, 0.15) is 5.56 Å². The van der Waals surface area contributed by atoms with Crippen molar-refractivity contribution in [3.63, 3.8) is 0 Å². The Hall–Kier alpha value is -0.780. The van der Waals surface area contributed by atoms with Gasteiger partial charge in [0.2, 0.25) is 5.91 Å². The van der Waals surface area contributed by atoms with Gasteiger partial charge in [-0.1, -0.05) is 29.3 Å². The van der Waals surface area contributed by atoms with Crippen LogP contribution in [0.15, 0.2) is 42.5 Å². The minimum atomic E-state index is -0.142. The zero-order valence-electron chi connectivity index (χ0n) is 9.79. The summed E-state index contributed by atoms with van der Waals surface area (Å²) < 4.78 is 1.12. The van der Waals surface area contributed by atoms with Crippen molar-refractivity contribution in [1.82, 2.24) is 0 Å². The molecular formula is C14H10Cl2INO. The van der Waals surface area contributed by atoms with Crippen LogP contribution < -0.4 is 5.32 Å². The van der Waals surface area contributed by atoms with Gasteiger partial charge in [-0.15, -0.1) is 0 Å². The number of carbonyl (C=O) groups excluding carboxylic acids is 1. The summed E-state index contributed by atoms with van der Waals surface area (Å²) >= 11 is 14.3. The average molecular weight is 406 g/mol. The van der Waals surface area contributed by atoms with Gasteiger partial charge in [0.25, 0.3) is 0 Å². The molecule has 0 aliphatic rings. The van der Waals surface area contributed by atoms with Crippen molar-refractivity contribution in [3.8, 4) is 0 Å². The van der Waals surface area contributed by atoms with Crippen molar-refractivity contribution in [3.05, 3.63) is 61.6 Å². The number of benzene rings is 2. The Bertz CT molecular complexity index is 579. The van der Waals surface area contributed by atoms with Gasteiger partial charge in [0, 0.05) is 19.3 Å². The van der Waals surface area contributed by atoms with E-state index < -0.39 is 0 Å². The highest BCUT2D eigenvalue weighted by atomic mass is 127. The lowest BCUT2D eigenvalue weighted by molar-refractivity contribution is -0.115. The number of hydrogen-bond acceptors (Lipinski definition) is 1. The van der Waals surface area contributed by atoms with E-state index in [1.165, 1.54) is 0 Å². The lowest BCUT2D eigenvalue weighted by Crippen LogP contribution is -2.14. The molecule has 0 saturated carbocycles. The van der Waals surface area contributed by atoms with Crippen LogP contribution in [0.2, 0.25) is 10.0 Å². The molecule has 98 valence electrons. The Kier molecular flexibility index (Phi) is 5.07. The van der Waals surface area contributed by atoms with Crippen LogP contribution in [-0.4, -0.2) is 5.91 Å². The van der Waals surface area contributed by atoms with E-state index in [9.17, 15) is 4.79 Å². The molecule has 19 heavy (non-hydrogen) atoms. The summed E-state index contributed by atoms with van der Waals surface area (Å²) in [7, 11) is 0. The maximum atomic E-state index is 11.9. The highest BCUT2D eigenvalue weighted by Gasteiger charge is 2.10. The molecule has 2 rings (SSSR count). The molecule has 1 N–H and O–H groups in total. The quantitative estimate of drug-likeness (QED) is 0.731. The van der Waals surface area contributed by atoms with E-state index in [1.807, 2.05) is 24.3 Å². The molecule has 1 amide bonds. The van der Waals surface area contributed by atoms with E-state index in [0.29, 0.717) is 15.6 Å². The van der Waals surface area contributed by atoms with Crippen LogP contribution in [0, 0.1) is 3.57 Å². The number of rotatable bonds is 3.